The molecule has 2 aliphatic rings. The zero-order valence-electron chi connectivity index (χ0n) is 17.5. The molecule has 1 aliphatic carbocycles. The van der Waals surface area contributed by atoms with E-state index in [1.807, 2.05) is 12.1 Å². The summed E-state index contributed by atoms with van der Waals surface area (Å²) in [5.74, 6) is 0.768. The fourth-order valence-corrected chi connectivity index (χ4v) is 5.07. The van der Waals surface area contributed by atoms with Crippen LogP contribution in [0.3, 0.4) is 0 Å². The van der Waals surface area contributed by atoms with E-state index in [0.717, 1.165) is 50.6 Å². The van der Waals surface area contributed by atoms with Crippen molar-refractivity contribution in [3.63, 3.8) is 0 Å². The van der Waals surface area contributed by atoms with Gasteiger partial charge in [-0.25, -0.2) is 0 Å². The van der Waals surface area contributed by atoms with Gasteiger partial charge in [0.15, 0.2) is 0 Å². The van der Waals surface area contributed by atoms with Crippen LogP contribution in [-0.2, 0) is 9.53 Å². The van der Waals surface area contributed by atoms with E-state index < -0.39 is 0 Å². The van der Waals surface area contributed by atoms with Crippen LogP contribution in [0.5, 0.6) is 0 Å². The quantitative estimate of drug-likeness (QED) is 0.687. The number of rotatable bonds is 7. The number of carbonyl (C=O) groups is 1. The molecular formula is C22H33Cl2N3O2. The first-order valence-corrected chi connectivity index (χ1v) is 11.4. The molecule has 0 unspecified atom stereocenters. The first kappa shape index (κ1) is 22.7. The smallest absolute Gasteiger partial charge is 0.246 e. The molecule has 3 rings (SSSR count). The summed E-state index contributed by atoms with van der Waals surface area (Å²) in [6.07, 6.45) is 5.80. The maximum absolute atomic E-state index is 11.7. The highest BCUT2D eigenvalue weighted by Crippen LogP contribution is 2.34. The Kier molecular flexibility index (Phi) is 8.48. The van der Waals surface area contributed by atoms with Crippen LogP contribution in [0.1, 0.15) is 39.0 Å². The molecule has 29 heavy (non-hydrogen) atoms. The highest BCUT2D eigenvalue weighted by Gasteiger charge is 2.27. The second kappa shape index (κ2) is 10.9. The van der Waals surface area contributed by atoms with Crippen LogP contribution < -0.4 is 10.2 Å². The maximum atomic E-state index is 11.7. The average molecular weight is 442 g/mol. The van der Waals surface area contributed by atoms with Crippen LogP contribution in [0, 0.1) is 5.92 Å². The van der Waals surface area contributed by atoms with Crippen molar-refractivity contribution in [3.8, 4) is 0 Å². The number of halogens is 2. The minimum absolute atomic E-state index is 0.00242. The standard InChI is InChI=1S/C22H33Cl2N3O2/c1-16-14-26(12-13-27(16)20-5-3-4-19(23)22(20)24)11-10-17-6-8-18(9-7-17)25-21(28)15-29-2/h3-5,16-18H,6-15H2,1-2H3,(H,25,28)/t16-,17-,18-/m1/s1. The van der Waals surface area contributed by atoms with Crippen molar-refractivity contribution in [2.45, 2.75) is 51.1 Å². The van der Waals surface area contributed by atoms with Gasteiger partial charge in [-0.15, -0.1) is 0 Å². The second-order valence-corrected chi connectivity index (χ2v) is 9.21. The minimum atomic E-state index is 0.00242. The highest BCUT2D eigenvalue weighted by molar-refractivity contribution is 6.43. The van der Waals surface area contributed by atoms with Crippen molar-refractivity contribution in [1.29, 1.82) is 0 Å². The van der Waals surface area contributed by atoms with Gasteiger partial charge in [0.2, 0.25) is 5.91 Å². The van der Waals surface area contributed by atoms with E-state index in [0.29, 0.717) is 22.1 Å². The zero-order valence-corrected chi connectivity index (χ0v) is 19.0. The first-order valence-electron chi connectivity index (χ1n) is 10.7. The van der Waals surface area contributed by atoms with Crippen LogP contribution in [0.15, 0.2) is 18.2 Å². The van der Waals surface area contributed by atoms with Crippen LogP contribution >= 0.6 is 23.2 Å². The number of nitrogens with one attached hydrogen (secondary N) is 1. The molecule has 7 heteroatoms. The minimum Gasteiger partial charge on any atom is -0.375 e. The fraction of sp³-hybridized carbons (Fsp3) is 0.682. The summed E-state index contributed by atoms with van der Waals surface area (Å²) in [5, 5.41) is 4.36. The number of piperazine rings is 1. The van der Waals surface area contributed by atoms with Gasteiger partial charge in [-0.1, -0.05) is 29.3 Å². The van der Waals surface area contributed by atoms with Gasteiger partial charge < -0.3 is 15.0 Å². The van der Waals surface area contributed by atoms with Crippen molar-refractivity contribution in [2.24, 2.45) is 5.92 Å². The Labute approximate surface area is 184 Å². The predicted molar refractivity (Wildman–Crippen MR) is 120 cm³/mol. The zero-order chi connectivity index (χ0) is 20.8. The lowest BCUT2D eigenvalue weighted by atomic mass is 9.84. The second-order valence-electron chi connectivity index (χ2n) is 8.42. The van der Waals surface area contributed by atoms with Crippen LogP contribution in [0.2, 0.25) is 10.0 Å². The van der Waals surface area contributed by atoms with Gasteiger partial charge in [0.05, 0.1) is 15.7 Å². The lowest BCUT2D eigenvalue weighted by molar-refractivity contribution is -0.125. The number of anilines is 1. The van der Waals surface area contributed by atoms with Gasteiger partial charge in [-0.3, -0.25) is 9.69 Å². The predicted octanol–water partition coefficient (Wildman–Crippen LogP) is 4.22. The Morgan fingerprint density at radius 3 is 2.66 bits per heavy atom. The number of ether oxygens (including phenoxy) is 1. The van der Waals surface area contributed by atoms with E-state index in [1.54, 1.807) is 7.11 Å². The van der Waals surface area contributed by atoms with Crippen molar-refractivity contribution < 1.29 is 9.53 Å². The van der Waals surface area contributed by atoms with E-state index in [4.69, 9.17) is 27.9 Å². The van der Waals surface area contributed by atoms with Crippen molar-refractivity contribution >= 4 is 34.8 Å². The third kappa shape index (κ3) is 6.24. The number of methoxy groups -OCH3 is 1. The molecule has 0 bridgehead atoms. The molecule has 162 valence electrons. The van der Waals surface area contributed by atoms with E-state index >= 15 is 0 Å². The van der Waals surface area contributed by atoms with E-state index in [-0.39, 0.29) is 12.5 Å². The van der Waals surface area contributed by atoms with E-state index in [9.17, 15) is 4.79 Å². The molecule has 1 saturated carbocycles. The van der Waals surface area contributed by atoms with Gasteiger partial charge in [0.1, 0.15) is 6.61 Å². The van der Waals surface area contributed by atoms with Gasteiger partial charge in [-0.2, -0.15) is 0 Å². The van der Waals surface area contributed by atoms with Gasteiger partial charge >= 0.3 is 0 Å². The molecule has 1 N–H and O–H groups in total. The number of hydrogen-bond donors (Lipinski definition) is 1. The molecule has 1 aliphatic heterocycles. The summed E-state index contributed by atoms with van der Waals surface area (Å²) in [4.78, 5) is 16.6. The number of nitrogens with zero attached hydrogens (tertiary/aromatic N) is 2. The topological polar surface area (TPSA) is 44.8 Å². The van der Waals surface area contributed by atoms with Gasteiger partial charge in [0, 0.05) is 38.8 Å². The molecule has 1 saturated heterocycles. The number of carbonyl (C=O) groups excluding carboxylic acids is 1. The van der Waals surface area contributed by atoms with Crippen molar-refractivity contribution in [2.75, 3.05) is 44.8 Å². The first-order chi connectivity index (χ1) is 14.0. The van der Waals surface area contributed by atoms with Crippen LogP contribution in [0.25, 0.3) is 0 Å². The third-order valence-electron chi connectivity index (χ3n) is 6.29. The summed E-state index contributed by atoms with van der Waals surface area (Å²) in [6, 6.07) is 6.60. The Balaban J connectivity index is 1.40. The van der Waals surface area contributed by atoms with Crippen LogP contribution in [0.4, 0.5) is 5.69 Å². The SMILES string of the molecule is COCC(=O)N[C@H]1CC[C@H](CCN2CCN(c3cccc(Cl)c3Cl)[C@H](C)C2)CC1. The normalized spacial score (nSPS) is 25.8. The summed E-state index contributed by atoms with van der Waals surface area (Å²) < 4.78 is 4.89. The molecule has 5 nitrogen and oxygen atoms in total. The summed E-state index contributed by atoms with van der Waals surface area (Å²) in [6.45, 7) is 6.63. The summed E-state index contributed by atoms with van der Waals surface area (Å²) in [7, 11) is 1.56. The van der Waals surface area contributed by atoms with Gasteiger partial charge in [0.25, 0.3) is 0 Å². The maximum Gasteiger partial charge on any atom is 0.246 e. The molecule has 1 aromatic rings. The molecule has 1 heterocycles. The Hall–Kier alpha value is -1.01. The molecule has 0 spiro atoms. The Morgan fingerprint density at radius 2 is 1.97 bits per heavy atom. The largest absolute Gasteiger partial charge is 0.375 e. The van der Waals surface area contributed by atoms with Gasteiger partial charge in [-0.05, 0) is 63.6 Å². The number of benzene rings is 1. The van der Waals surface area contributed by atoms with Crippen molar-refractivity contribution in [1.82, 2.24) is 10.2 Å². The summed E-state index contributed by atoms with van der Waals surface area (Å²) >= 11 is 12.6. The summed E-state index contributed by atoms with van der Waals surface area (Å²) in [5.41, 5.74) is 1.04. The third-order valence-corrected chi connectivity index (χ3v) is 7.10. The molecule has 0 aromatic heterocycles. The monoisotopic (exact) mass is 441 g/mol. The molecule has 1 aromatic carbocycles. The Morgan fingerprint density at radius 1 is 1.21 bits per heavy atom. The molecule has 0 radical (unpaired) electrons. The molecule has 1 amide bonds. The molecule has 1 atom stereocenters. The average Bonchev–Trinajstić information content (AvgIpc) is 2.70. The lowest BCUT2D eigenvalue weighted by Gasteiger charge is -2.42. The lowest BCUT2D eigenvalue weighted by Crippen LogP contribution is -2.52. The molecular weight excluding hydrogens is 409 g/mol. The van der Waals surface area contributed by atoms with E-state index in [2.05, 4.69) is 28.1 Å². The highest BCUT2D eigenvalue weighted by atomic mass is 35.5. The Bertz CT molecular complexity index is 680. The number of amides is 1. The van der Waals surface area contributed by atoms with Crippen molar-refractivity contribution in [3.05, 3.63) is 28.2 Å². The number of hydrogen-bond acceptors (Lipinski definition) is 4. The molecule has 2 fully saturated rings. The fourth-order valence-electron chi connectivity index (χ4n) is 4.67. The van der Waals surface area contributed by atoms with E-state index in [1.165, 1.54) is 19.3 Å². The van der Waals surface area contributed by atoms with Crippen LogP contribution in [-0.4, -0.2) is 62.8 Å².